The molecule has 0 bridgehead atoms. The first-order valence-corrected chi connectivity index (χ1v) is 8.04. The van der Waals surface area contributed by atoms with Crippen LogP contribution in [0.1, 0.15) is 15.9 Å². The zero-order valence-corrected chi connectivity index (χ0v) is 14.0. The number of esters is 1. The van der Waals surface area contributed by atoms with Gasteiger partial charge in [-0.25, -0.2) is 9.78 Å². The van der Waals surface area contributed by atoms with Gasteiger partial charge < -0.3 is 10.1 Å². The van der Waals surface area contributed by atoms with Crippen LogP contribution in [-0.4, -0.2) is 23.5 Å². The number of nitrogens with zero attached hydrogens (tertiary/aromatic N) is 1. The molecular formula is C19H15ClN2O3. The molecule has 0 fully saturated rings. The maximum absolute atomic E-state index is 12.1. The van der Waals surface area contributed by atoms with Crippen molar-refractivity contribution in [2.24, 2.45) is 0 Å². The van der Waals surface area contributed by atoms with Gasteiger partial charge in [0.05, 0.1) is 11.1 Å². The molecule has 1 amide bonds. The van der Waals surface area contributed by atoms with Crippen molar-refractivity contribution in [2.45, 2.75) is 6.54 Å². The molecular weight excluding hydrogens is 340 g/mol. The summed E-state index contributed by atoms with van der Waals surface area (Å²) >= 11 is 5.83. The number of fused-ring (bicyclic) bond motifs is 1. The molecule has 3 rings (SSSR count). The molecule has 0 atom stereocenters. The maximum atomic E-state index is 12.1. The number of rotatable bonds is 5. The number of pyridine rings is 1. The summed E-state index contributed by atoms with van der Waals surface area (Å²) in [7, 11) is 0. The standard InChI is InChI=1S/C19H15ClN2O3/c20-17-9-7-14-10-15(6-8-16(14)22-17)19(24)25-12-18(23)21-11-13-4-2-1-3-5-13/h1-10H,11-12H2,(H,21,23). The summed E-state index contributed by atoms with van der Waals surface area (Å²) in [6.07, 6.45) is 0. The minimum Gasteiger partial charge on any atom is -0.452 e. The molecule has 5 nitrogen and oxygen atoms in total. The van der Waals surface area contributed by atoms with Gasteiger partial charge in [-0.15, -0.1) is 0 Å². The Morgan fingerprint density at radius 1 is 1.04 bits per heavy atom. The molecule has 1 aromatic heterocycles. The van der Waals surface area contributed by atoms with E-state index in [-0.39, 0.29) is 12.5 Å². The normalized spacial score (nSPS) is 10.4. The molecule has 6 heteroatoms. The Kier molecular flexibility index (Phi) is 5.26. The second-order valence-electron chi connectivity index (χ2n) is 5.38. The highest BCUT2D eigenvalue weighted by molar-refractivity contribution is 6.29. The van der Waals surface area contributed by atoms with E-state index < -0.39 is 5.97 Å². The van der Waals surface area contributed by atoms with Crippen LogP contribution in [-0.2, 0) is 16.1 Å². The molecule has 0 aliphatic carbocycles. The SMILES string of the molecule is O=C(COC(=O)c1ccc2nc(Cl)ccc2c1)NCc1ccccc1. The number of amides is 1. The fourth-order valence-corrected chi connectivity index (χ4v) is 2.44. The van der Waals surface area contributed by atoms with Crippen molar-refractivity contribution in [3.63, 3.8) is 0 Å². The number of hydrogen-bond acceptors (Lipinski definition) is 4. The third-order valence-corrected chi connectivity index (χ3v) is 3.77. The number of halogens is 1. The zero-order valence-electron chi connectivity index (χ0n) is 13.2. The van der Waals surface area contributed by atoms with Gasteiger partial charge in [0.2, 0.25) is 0 Å². The number of carbonyl (C=O) groups excluding carboxylic acids is 2. The van der Waals surface area contributed by atoms with Gasteiger partial charge in [-0.1, -0.05) is 41.9 Å². The quantitative estimate of drug-likeness (QED) is 0.563. The van der Waals surface area contributed by atoms with Crippen molar-refractivity contribution in [1.82, 2.24) is 10.3 Å². The van der Waals surface area contributed by atoms with Crippen LogP contribution in [0.2, 0.25) is 5.15 Å². The summed E-state index contributed by atoms with van der Waals surface area (Å²) in [5.74, 6) is -0.918. The number of nitrogens with one attached hydrogen (secondary N) is 1. The monoisotopic (exact) mass is 354 g/mol. The van der Waals surface area contributed by atoms with E-state index in [9.17, 15) is 9.59 Å². The van der Waals surface area contributed by atoms with E-state index in [0.29, 0.717) is 22.8 Å². The summed E-state index contributed by atoms with van der Waals surface area (Å²) in [4.78, 5) is 28.0. The van der Waals surface area contributed by atoms with E-state index in [0.717, 1.165) is 10.9 Å². The molecule has 1 heterocycles. The second-order valence-corrected chi connectivity index (χ2v) is 5.77. The Labute approximate surface area is 149 Å². The molecule has 0 unspecified atom stereocenters. The third kappa shape index (κ3) is 4.55. The molecule has 126 valence electrons. The number of aromatic nitrogens is 1. The van der Waals surface area contributed by atoms with Gasteiger partial charge in [0, 0.05) is 11.9 Å². The molecule has 1 N–H and O–H groups in total. The van der Waals surface area contributed by atoms with Crippen LogP contribution in [0, 0.1) is 0 Å². The topological polar surface area (TPSA) is 68.3 Å². The minimum absolute atomic E-state index is 0.331. The lowest BCUT2D eigenvalue weighted by molar-refractivity contribution is -0.124. The maximum Gasteiger partial charge on any atom is 0.338 e. The summed E-state index contributed by atoms with van der Waals surface area (Å²) in [5, 5.41) is 3.86. The van der Waals surface area contributed by atoms with E-state index in [4.69, 9.17) is 16.3 Å². The van der Waals surface area contributed by atoms with Crippen molar-refractivity contribution < 1.29 is 14.3 Å². The molecule has 25 heavy (non-hydrogen) atoms. The van der Waals surface area contributed by atoms with Gasteiger partial charge in [-0.05, 0) is 35.9 Å². The van der Waals surface area contributed by atoms with Crippen LogP contribution < -0.4 is 5.32 Å². The third-order valence-electron chi connectivity index (χ3n) is 3.56. The van der Waals surface area contributed by atoms with Crippen molar-refractivity contribution in [3.8, 4) is 0 Å². The highest BCUT2D eigenvalue weighted by Gasteiger charge is 2.11. The summed E-state index contributed by atoms with van der Waals surface area (Å²) in [6, 6.07) is 17.9. The number of ether oxygens (including phenoxy) is 1. The van der Waals surface area contributed by atoms with Crippen LogP contribution in [0.15, 0.2) is 60.7 Å². The van der Waals surface area contributed by atoms with Gasteiger partial charge in [-0.2, -0.15) is 0 Å². The Balaban J connectivity index is 1.55. The summed E-state index contributed by atoms with van der Waals surface area (Å²) < 4.78 is 5.05. The number of benzene rings is 2. The first kappa shape index (κ1) is 16.9. The van der Waals surface area contributed by atoms with Crippen LogP contribution in [0.5, 0.6) is 0 Å². The van der Waals surface area contributed by atoms with E-state index in [1.54, 1.807) is 30.3 Å². The van der Waals surface area contributed by atoms with Crippen LogP contribution in [0.4, 0.5) is 0 Å². The largest absolute Gasteiger partial charge is 0.452 e. The van der Waals surface area contributed by atoms with Crippen LogP contribution >= 0.6 is 11.6 Å². The second kappa shape index (κ2) is 7.77. The lowest BCUT2D eigenvalue weighted by atomic mass is 10.1. The fraction of sp³-hybridized carbons (Fsp3) is 0.105. The smallest absolute Gasteiger partial charge is 0.338 e. The van der Waals surface area contributed by atoms with Crippen molar-refractivity contribution in [2.75, 3.05) is 6.61 Å². The first-order valence-electron chi connectivity index (χ1n) is 7.66. The Bertz CT molecular complexity index is 913. The zero-order chi connectivity index (χ0) is 17.6. The minimum atomic E-state index is -0.563. The molecule has 3 aromatic rings. The molecule has 0 saturated heterocycles. The predicted molar refractivity (Wildman–Crippen MR) is 95.3 cm³/mol. The summed E-state index contributed by atoms with van der Waals surface area (Å²) in [6.45, 7) is 0.0577. The van der Waals surface area contributed by atoms with E-state index in [1.165, 1.54) is 0 Å². The number of hydrogen-bond donors (Lipinski definition) is 1. The first-order chi connectivity index (χ1) is 12.1. The average Bonchev–Trinajstić information content (AvgIpc) is 2.64. The van der Waals surface area contributed by atoms with E-state index >= 15 is 0 Å². The predicted octanol–water partition coefficient (Wildman–Crippen LogP) is 3.36. The number of carbonyl (C=O) groups is 2. The lowest BCUT2D eigenvalue weighted by Crippen LogP contribution is -2.28. The Hall–Kier alpha value is -2.92. The van der Waals surface area contributed by atoms with E-state index in [2.05, 4.69) is 10.3 Å². The van der Waals surface area contributed by atoms with Gasteiger partial charge in [0.15, 0.2) is 6.61 Å². The van der Waals surface area contributed by atoms with Gasteiger partial charge in [0.25, 0.3) is 5.91 Å². The molecule has 0 spiro atoms. The molecule has 0 aliphatic rings. The van der Waals surface area contributed by atoms with Crippen LogP contribution in [0.3, 0.4) is 0 Å². The Morgan fingerprint density at radius 3 is 2.64 bits per heavy atom. The van der Waals surface area contributed by atoms with Crippen molar-refractivity contribution in [3.05, 3.63) is 76.9 Å². The molecule has 2 aromatic carbocycles. The molecule has 0 saturated carbocycles. The highest BCUT2D eigenvalue weighted by atomic mass is 35.5. The average molecular weight is 355 g/mol. The summed E-state index contributed by atoms with van der Waals surface area (Å²) in [5.41, 5.74) is 2.01. The molecule has 0 radical (unpaired) electrons. The van der Waals surface area contributed by atoms with Crippen LogP contribution in [0.25, 0.3) is 10.9 Å². The van der Waals surface area contributed by atoms with E-state index in [1.807, 2.05) is 30.3 Å². The fourth-order valence-electron chi connectivity index (χ4n) is 2.29. The van der Waals surface area contributed by atoms with Gasteiger partial charge in [-0.3, -0.25) is 4.79 Å². The van der Waals surface area contributed by atoms with Gasteiger partial charge >= 0.3 is 5.97 Å². The van der Waals surface area contributed by atoms with Crippen molar-refractivity contribution in [1.29, 1.82) is 0 Å². The molecule has 0 aliphatic heterocycles. The highest BCUT2D eigenvalue weighted by Crippen LogP contribution is 2.17. The Morgan fingerprint density at radius 2 is 1.84 bits per heavy atom. The van der Waals surface area contributed by atoms with Gasteiger partial charge in [0.1, 0.15) is 5.15 Å². The lowest BCUT2D eigenvalue weighted by Gasteiger charge is -2.07. The van der Waals surface area contributed by atoms with Crippen molar-refractivity contribution >= 4 is 34.4 Å².